The molecular formula is C30H31FN4O2. The third kappa shape index (κ3) is 6.50. The van der Waals surface area contributed by atoms with Crippen molar-refractivity contribution >= 4 is 17.8 Å². The number of halogens is 1. The van der Waals surface area contributed by atoms with Gasteiger partial charge in [-0.2, -0.15) is 0 Å². The Kier molecular flexibility index (Phi) is 7.82. The summed E-state index contributed by atoms with van der Waals surface area (Å²) in [5.41, 5.74) is 5.10. The molecule has 4 aromatic rings. The van der Waals surface area contributed by atoms with E-state index in [1.807, 2.05) is 87.0 Å². The molecule has 0 bridgehead atoms. The lowest BCUT2D eigenvalue weighted by atomic mass is 10.1. The van der Waals surface area contributed by atoms with Gasteiger partial charge in [-0.05, 0) is 56.2 Å². The highest BCUT2D eigenvalue weighted by Gasteiger charge is 2.22. The minimum atomic E-state index is -0.419. The van der Waals surface area contributed by atoms with Crippen molar-refractivity contribution in [3.63, 3.8) is 0 Å². The lowest BCUT2D eigenvalue weighted by Gasteiger charge is -2.24. The van der Waals surface area contributed by atoms with E-state index in [0.717, 1.165) is 28.1 Å². The molecule has 1 N–H and O–H groups in total. The van der Waals surface area contributed by atoms with Crippen LogP contribution in [0, 0.1) is 25.6 Å². The Morgan fingerprint density at radius 1 is 0.919 bits per heavy atom. The molecule has 4 rings (SSSR count). The molecule has 0 saturated carbocycles. The van der Waals surface area contributed by atoms with Crippen molar-refractivity contribution in [3.05, 3.63) is 102 Å². The molecule has 0 unspecified atom stereocenters. The van der Waals surface area contributed by atoms with E-state index in [0.29, 0.717) is 18.1 Å². The van der Waals surface area contributed by atoms with Gasteiger partial charge in [0.15, 0.2) is 0 Å². The quantitative estimate of drug-likeness (QED) is 0.322. The monoisotopic (exact) mass is 498 g/mol. The highest BCUT2D eigenvalue weighted by Crippen LogP contribution is 2.25. The zero-order valence-corrected chi connectivity index (χ0v) is 21.5. The maximum atomic E-state index is 13.4. The number of amides is 2. The van der Waals surface area contributed by atoms with Gasteiger partial charge >= 0.3 is 0 Å². The largest absolute Gasteiger partial charge is 0.329 e. The lowest BCUT2D eigenvalue weighted by Crippen LogP contribution is -2.40. The molecule has 3 aromatic carbocycles. The van der Waals surface area contributed by atoms with Crippen LogP contribution >= 0.6 is 0 Å². The van der Waals surface area contributed by atoms with E-state index in [2.05, 4.69) is 5.32 Å². The van der Waals surface area contributed by atoms with Crippen LogP contribution in [0.3, 0.4) is 0 Å². The van der Waals surface area contributed by atoms with Gasteiger partial charge in [-0.25, -0.2) is 9.37 Å². The number of carbonyl (C=O) groups is 2. The van der Waals surface area contributed by atoms with Crippen LogP contribution in [-0.4, -0.2) is 39.4 Å². The number of benzene rings is 3. The third-order valence-electron chi connectivity index (χ3n) is 5.92. The minimum Gasteiger partial charge on any atom is -0.329 e. The number of nitrogens with one attached hydrogen (secondary N) is 1. The second kappa shape index (κ2) is 11.2. The first-order valence-electron chi connectivity index (χ1n) is 12.3. The topological polar surface area (TPSA) is 67.2 Å². The SMILES string of the molecule is Cc1ccc(-c2cn(-c3ccc(C)cc3)c(NC(=O)CN(CC(C)C)C(=O)c3ccc(F)cc3)n2)cc1. The van der Waals surface area contributed by atoms with Crippen LogP contribution in [-0.2, 0) is 4.79 Å². The van der Waals surface area contributed by atoms with Gasteiger partial charge in [-0.3, -0.25) is 19.5 Å². The number of aryl methyl sites for hydroxylation is 2. The molecule has 0 atom stereocenters. The Balaban J connectivity index is 1.61. The molecule has 7 heteroatoms. The minimum absolute atomic E-state index is 0.139. The first-order valence-corrected chi connectivity index (χ1v) is 12.3. The van der Waals surface area contributed by atoms with E-state index in [4.69, 9.17) is 4.98 Å². The van der Waals surface area contributed by atoms with Crippen LogP contribution in [0.1, 0.15) is 35.3 Å². The van der Waals surface area contributed by atoms with Crippen molar-refractivity contribution in [2.75, 3.05) is 18.4 Å². The summed E-state index contributed by atoms with van der Waals surface area (Å²) in [6, 6.07) is 21.3. The predicted octanol–water partition coefficient (Wildman–Crippen LogP) is 6.03. The Hall–Kier alpha value is -4.26. The molecular weight excluding hydrogens is 467 g/mol. The van der Waals surface area contributed by atoms with Crippen molar-refractivity contribution in [3.8, 4) is 16.9 Å². The molecule has 6 nitrogen and oxygen atoms in total. The van der Waals surface area contributed by atoms with Gasteiger partial charge in [0, 0.05) is 29.6 Å². The van der Waals surface area contributed by atoms with Crippen molar-refractivity contribution in [1.82, 2.24) is 14.5 Å². The number of carbonyl (C=O) groups excluding carboxylic acids is 2. The summed E-state index contributed by atoms with van der Waals surface area (Å²) >= 11 is 0. The lowest BCUT2D eigenvalue weighted by molar-refractivity contribution is -0.117. The van der Waals surface area contributed by atoms with Crippen molar-refractivity contribution in [2.45, 2.75) is 27.7 Å². The maximum absolute atomic E-state index is 13.4. The van der Waals surface area contributed by atoms with Crippen LogP contribution in [0.2, 0.25) is 0 Å². The fourth-order valence-electron chi connectivity index (χ4n) is 4.01. The Labute approximate surface area is 216 Å². The van der Waals surface area contributed by atoms with Gasteiger partial charge in [0.2, 0.25) is 11.9 Å². The Morgan fingerprint density at radius 2 is 1.51 bits per heavy atom. The fraction of sp³-hybridized carbons (Fsp3) is 0.233. The fourth-order valence-corrected chi connectivity index (χ4v) is 4.01. The summed E-state index contributed by atoms with van der Waals surface area (Å²) < 4.78 is 15.2. The van der Waals surface area contributed by atoms with E-state index in [-0.39, 0.29) is 24.3 Å². The molecule has 37 heavy (non-hydrogen) atoms. The van der Waals surface area contributed by atoms with Crippen molar-refractivity contribution in [1.29, 1.82) is 0 Å². The van der Waals surface area contributed by atoms with Crippen LogP contribution < -0.4 is 5.32 Å². The van der Waals surface area contributed by atoms with E-state index in [1.165, 1.54) is 29.2 Å². The van der Waals surface area contributed by atoms with Gasteiger partial charge in [-0.15, -0.1) is 0 Å². The van der Waals surface area contributed by atoms with Gasteiger partial charge < -0.3 is 4.90 Å². The average Bonchev–Trinajstić information content (AvgIpc) is 3.27. The molecule has 0 fully saturated rings. The number of anilines is 1. The summed E-state index contributed by atoms with van der Waals surface area (Å²) in [4.78, 5) is 32.5. The predicted molar refractivity (Wildman–Crippen MR) is 144 cm³/mol. The van der Waals surface area contributed by atoms with E-state index in [9.17, 15) is 14.0 Å². The van der Waals surface area contributed by atoms with Crippen LogP contribution in [0.15, 0.2) is 79.0 Å². The summed E-state index contributed by atoms with van der Waals surface area (Å²) in [6.07, 6.45) is 1.89. The number of aromatic nitrogens is 2. The molecule has 0 aliphatic carbocycles. The maximum Gasteiger partial charge on any atom is 0.254 e. The summed E-state index contributed by atoms with van der Waals surface area (Å²) in [5, 5.41) is 2.90. The molecule has 0 spiro atoms. The second-order valence-electron chi connectivity index (χ2n) is 9.66. The smallest absolute Gasteiger partial charge is 0.254 e. The van der Waals surface area contributed by atoms with E-state index < -0.39 is 5.82 Å². The molecule has 1 aromatic heterocycles. The second-order valence-corrected chi connectivity index (χ2v) is 9.66. The number of imidazole rings is 1. The summed E-state index contributed by atoms with van der Waals surface area (Å²) in [5.74, 6) is -0.614. The zero-order valence-electron chi connectivity index (χ0n) is 21.5. The van der Waals surface area contributed by atoms with Gasteiger partial charge in [0.05, 0.1) is 5.69 Å². The first kappa shape index (κ1) is 25.8. The van der Waals surface area contributed by atoms with Gasteiger partial charge in [0.25, 0.3) is 5.91 Å². The standard InChI is InChI=1S/C30H31FN4O2/c1-20(2)17-34(29(37)24-11-13-25(31)14-12-24)19-28(36)33-30-32-27(23-9-5-21(3)6-10-23)18-35(30)26-15-7-22(4)8-16-26/h5-16,18,20H,17,19H2,1-4H3,(H,32,33,36). The van der Waals surface area contributed by atoms with Crippen LogP contribution in [0.25, 0.3) is 16.9 Å². The number of rotatable bonds is 8. The van der Waals surface area contributed by atoms with Gasteiger partial charge in [0.1, 0.15) is 12.4 Å². The molecule has 0 radical (unpaired) electrons. The first-order chi connectivity index (χ1) is 17.7. The molecule has 0 aliphatic rings. The van der Waals surface area contributed by atoms with E-state index in [1.54, 1.807) is 0 Å². The molecule has 2 amide bonds. The molecule has 0 aliphatic heterocycles. The Bertz CT molecular complexity index is 1370. The molecule has 0 saturated heterocycles. The highest BCUT2D eigenvalue weighted by molar-refractivity contribution is 5.99. The third-order valence-corrected chi connectivity index (χ3v) is 5.92. The number of hydrogen-bond donors (Lipinski definition) is 1. The highest BCUT2D eigenvalue weighted by atomic mass is 19.1. The average molecular weight is 499 g/mol. The normalized spacial score (nSPS) is 11.0. The number of hydrogen-bond acceptors (Lipinski definition) is 3. The Morgan fingerprint density at radius 3 is 2.11 bits per heavy atom. The summed E-state index contributed by atoms with van der Waals surface area (Å²) in [7, 11) is 0. The van der Waals surface area contributed by atoms with Crippen LogP contribution in [0.5, 0.6) is 0 Å². The van der Waals surface area contributed by atoms with Gasteiger partial charge in [-0.1, -0.05) is 61.4 Å². The van der Waals surface area contributed by atoms with Crippen molar-refractivity contribution < 1.29 is 14.0 Å². The van der Waals surface area contributed by atoms with E-state index >= 15 is 0 Å². The van der Waals surface area contributed by atoms with Crippen LogP contribution in [0.4, 0.5) is 10.3 Å². The summed E-state index contributed by atoms with van der Waals surface area (Å²) in [6.45, 7) is 8.21. The number of nitrogens with zero attached hydrogens (tertiary/aromatic N) is 3. The molecule has 1 heterocycles. The van der Waals surface area contributed by atoms with Crippen molar-refractivity contribution in [2.24, 2.45) is 5.92 Å². The zero-order chi connectivity index (χ0) is 26.5. The molecule has 190 valence electrons.